The van der Waals surface area contributed by atoms with E-state index >= 15 is 0 Å². The predicted octanol–water partition coefficient (Wildman–Crippen LogP) is 3.01. The number of nitrogens with one attached hydrogen (secondary N) is 1. The lowest BCUT2D eigenvalue weighted by molar-refractivity contribution is -0.119. The van der Waals surface area contributed by atoms with Crippen LogP contribution in [-0.4, -0.2) is 47.3 Å². The molecule has 0 bridgehead atoms. The zero-order chi connectivity index (χ0) is 22.4. The fourth-order valence-corrected chi connectivity index (χ4v) is 4.64. The largest absolute Gasteiger partial charge is 0.497 e. The van der Waals surface area contributed by atoms with Crippen LogP contribution in [0.3, 0.4) is 0 Å². The SMILES string of the molecule is COc1ccc(N(CC(=O)NCc2ccc(N3CCCC(C)C3)cc2)S(C)(=O)=O)cc1. The van der Waals surface area contributed by atoms with Crippen LogP contribution in [0.15, 0.2) is 48.5 Å². The maximum absolute atomic E-state index is 12.5. The molecule has 1 aliphatic rings. The number of carbonyl (C=O) groups is 1. The van der Waals surface area contributed by atoms with Crippen molar-refractivity contribution in [3.05, 3.63) is 54.1 Å². The first-order valence-electron chi connectivity index (χ1n) is 10.5. The number of methoxy groups -OCH3 is 1. The Hall–Kier alpha value is -2.74. The summed E-state index contributed by atoms with van der Waals surface area (Å²) in [5.41, 5.74) is 2.58. The van der Waals surface area contributed by atoms with E-state index in [4.69, 9.17) is 4.74 Å². The number of anilines is 2. The second-order valence-corrected chi connectivity index (χ2v) is 10.0. The molecule has 1 unspecified atom stereocenters. The topological polar surface area (TPSA) is 79.0 Å². The number of rotatable bonds is 8. The van der Waals surface area contributed by atoms with Crippen molar-refractivity contribution in [1.29, 1.82) is 0 Å². The molecule has 0 spiro atoms. The molecule has 0 radical (unpaired) electrons. The quantitative estimate of drug-likeness (QED) is 0.676. The van der Waals surface area contributed by atoms with Crippen LogP contribution in [0, 0.1) is 5.92 Å². The third kappa shape index (κ3) is 6.37. The zero-order valence-corrected chi connectivity index (χ0v) is 19.2. The van der Waals surface area contributed by atoms with Crippen LogP contribution in [0.5, 0.6) is 5.75 Å². The van der Waals surface area contributed by atoms with Gasteiger partial charge in [-0.2, -0.15) is 0 Å². The third-order valence-corrected chi connectivity index (χ3v) is 6.64. The monoisotopic (exact) mass is 445 g/mol. The maximum Gasteiger partial charge on any atom is 0.241 e. The lowest BCUT2D eigenvalue weighted by atomic mass is 9.99. The molecule has 1 saturated heterocycles. The summed E-state index contributed by atoms with van der Waals surface area (Å²) in [5, 5.41) is 2.82. The highest BCUT2D eigenvalue weighted by Crippen LogP contribution is 2.23. The normalized spacial score (nSPS) is 16.6. The van der Waals surface area contributed by atoms with E-state index in [-0.39, 0.29) is 12.5 Å². The van der Waals surface area contributed by atoms with Crippen molar-refractivity contribution in [3.63, 3.8) is 0 Å². The van der Waals surface area contributed by atoms with E-state index in [1.54, 1.807) is 24.3 Å². The Morgan fingerprint density at radius 2 is 1.84 bits per heavy atom. The van der Waals surface area contributed by atoms with Gasteiger partial charge in [-0.15, -0.1) is 0 Å². The smallest absolute Gasteiger partial charge is 0.241 e. The number of hydrogen-bond donors (Lipinski definition) is 1. The minimum Gasteiger partial charge on any atom is -0.497 e. The molecule has 0 aromatic heterocycles. The molecule has 31 heavy (non-hydrogen) atoms. The Kier molecular flexibility index (Phi) is 7.43. The van der Waals surface area contributed by atoms with Gasteiger partial charge in [-0.25, -0.2) is 8.42 Å². The van der Waals surface area contributed by atoms with Crippen molar-refractivity contribution in [3.8, 4) is 5.75 Å². The fraction of sp³-hybridized carbons (Fsp3) is 0.435. The number of nitrogens with zero attached hydrogens (tertiary/aromatic N) is 2. The molecule has 1 amide bonds. The number of sulfonamides is 1. The summed E-state index contributed by atoms with van der Waals surface area (Å²) in [6, 6.07) is 14.7. The minimum atomic E-state index is -3.61. The summed E-state index contributed by atoms with van der Waals surface area (Å²) < 4.78 is 30.6. The molecule has 0 aliphatic carbocycles. The summed E-state index contributed by atoms with van der Waals surface area (Å²) in [4.78, 5) is 14.9. The van der Waals surface area contributed by atoms with Crippen molar-refractivity contribution in [2.75, 3.05) is 42.2 Å². The van der Waals surface area contributed by atoms with Crippen LogP contribution < -0.4 is 19.3 Å². The average Bonchev–Trinajstić information content (AvgIpc) is 2.76. The number of benzene rings is 2. The Balaban J connectivity index is 1.58. The highest BCUT2D eigenvalue weighted by atomic mass is 32.2. The molecule has 168 valence electrons. The van der Waals surface area contributed by atoms with Gasteiger partial charge in [0.1, 0.15) is 12.3 Å². The molecule has 1 fully saturated rings. The molecule has 2 aromatic rings. The van der Waals surface area contributed by atoms with Crippen LogP contribution in [0.2, 0.25) is 0 Å². The second kappa shape index (κ2) is 10.0. The van der Waals surface area contributed by atoms with E-state index in [1.165, 1.54) is 25.6 Å². The molecule has 3 rings (SSSR count). The average molecular weight is 446 g/mol. The Bertz CT molecular complexity index is 975. The van der Waals surface area contributed by atoms with Crippen molar-refractivity contribution < 1.29 is 17.9 Å². The summed E-state index contributed by atoms with van der Waals surface area (Å²) in [6.45, 7) is 4.49. The third-order valence-electron chi connectivity index (χ3n) is 5.50. The van der Waals surface area contributed by atoms with E-state index in [1.807, 2.05) is 12.1 Å². The molecule has 7 nitrogen and oxygen atoms in total. The van der Waals surface area contributed by atoms with E-state index in [9.17, 15) is 13.2 Å². The molecular weight excluding hydrogens is 414 g/mol. The number of carbonyl (C=O) groups excluding carboxylic acids is 1. The Morgan fingerprint density at radius 3 is 2.42 bits per heavy atom. The van der Waals surface area contributed by atoms with Gasteiger partial charge in [0.2, 0.25) is 15.9 Å². The van der Waals surface area contributed by atoms with Crippen molar-refractivity contribution in [2.24, 2.45) is 5.92 Å². The molecule has 8 heteroatoms. The van der Waals surface area contributed by atoms with Gasteiger partial charge in [0, 0.05) is 25.3 Å². The van der Waals surface area contributed by atoms with Gasteiger partial charge in [0.15, 0.2) is 0 Å². The molecule has 0 saturated carbocycles. The van der Waals surface area contributed by atoms with E-state index in [2.05, 4.69) is 29.3 Å². The summed E-state index contributed by atoms with van der Waals surface area (Å²) in [7, 11) is -2.07. The second-order valence-electron chi connectivity index (χ2n) is 8.10. The van der Waals surface area contributed by atoms with Crippen LogP contribution >= 0.6 is 0 Å². The van der Waals surface area contributed by atoms with Gasteiger partial charge in [-0.3, -0.25) is 9.10 Å². The summed E-state index contributed by atoms with van der Waals surface area (Å²) in [5.74, 6) is 0.954. The predicted molar refractivity (Wildman–Crippen MR) is 124 cm³/mol. The van der Waals surface area contributed by atoms with Crippen LogP contribution in [0.1, 0.15) is 25.3 Å². The standard InChI is InChI=1S/C23H31N3O4S/c1-18-5-4-14-25(16-18)20-8-6-19(7-9-20)15-24-23(27)17-26(31(3,28)29)21-10-12-22(30-2)13-11-21/h6-13,18H,4-5,14-17H2,1-3H3,(H,24,27). The highest BCUT2D eigenvalue weighted by molar-refractivity contribution is 7.92. The van der Waals surface area contributed by atoms with E-state index < -0.39 is 10.0 Å². The number of amides is 1. The maximum atomic E-state index is 12.5. The molecule has 2 aromatic carbocycles. The van der Waals surface area contributed by atoms with Gasteiger partial charge in [0.25, 0.3) is 0 Å². The molecular formula is C23H31N3O4S. The number of piperidine rings is 1. The van der Waals surface area contributed by atoms with Crippen molar-refractivity contribution in [1.82, 2.24) is 5.32 Å². The molecule has 1 aliphatic heterocycles. The lowest BCUT2D eigenvalue weighted by Crippen LogP contribution is -2.40. The lowest BCUT2D eigenvalue weighted by Gasteiger charge is -2.32. The first-order valence-corrected chi connectivity index (χ1v) is 12.3. The highest BCUT2D eigenvalue weighted by Gasteiger charge is 2.21. The van der Waals surface area contributed by atoms with Gasteiger partial charge < -0.3 is 15.0 Å². The number of ether oxygens (including phenoxy) is 1. The van der Waals surface area contributed by atoms with Gasteiger partial charge in [-0.05, 0) is 60.7 Å². The Labute approximate surface area is 185 Å². The first kappa shape index (κ1) is 22.9. The van der Waals surface area contributed by atoms with Crippen LogP contribution in [-0.2, 0) is 21.4 Å². The molecule has 1 atom stereocenters. The molecule has 1 N–H and O–H groups in total. The summed E-state index contributed by atoms with van der Waals surface area (Å²) >= 11 is 0. The summed E-state index contributed by atoms with van der Waals surface area (Å²) in [6.07, 6.45) is 3.58. The molecule has 1 heterocycles. The van der Waals surface area contributed by atoms with Crippen molar-refractivity contribution in [2.45, 2.75) is 26.3 Å². The van der Waals surface area contributed by atoms with Crippen LogP contribution in [0.4, 0.5) is 11.4 Å². The van der Waals surface area contributed by atoms with Crippen molar-refractivity contribution >= 4 is 27.3 Å². The van der Waals surface area contributed by atoms with E-state index in [0.717, 1.165) is 29.2 Å². The fourth-order valence-electron chi connectivity index (χ4n) is 3.78. The van der Waals surface area contributed by atoms with E-state index in [0.29, 0.717) is 23.9 Å². The van der Waals surface area contributed by atoms with Gasteiger partial charge in [0.05, 0.1) is 19.1 Å². The first-order chi connectivity index (χ1) is 14.8. The van der Waals surface area contributed by atoms with Crippen LogP contribution in [0.25, 0.3) is 0 Å². The number of hydrogen-bond acceptors (Lipinski definition) is 5. The minimum absolute atomic E-state index is 0.283. The Morgan fingerprint density at radius 1 is 1.16 bits per heavy atom. The van der Waals surface area contributed by atoms with Gasteiger partial charge >= 0.3 is 0 Å². The zero-order valence-electron chi connectivity index (χ0n) is 18.4. The van der Waals surface area contributed by atoms with Gasteiger partial charge in [-0.1, -0.05) is 19.1 Å².